The molecule has 1 atom stereocenters. The number of rotatable bonds is 4. The number of anilines is 4. The van der Waals surface area contributed by atoms with E-state index in [2.05, 4.69) is 169 Å². The van der Waals surface area contributed by atoms with E-state index in [0.29, 0.717) is 0 Å². The van der Waals surface area contributed by atoms with Gasteiger partial charge in [-0.3, -0.25) is 0 Å². The zero-order valence-corrected chi connectivity index (χ0v) is 27.0. The third-order valence-corrected chi connectivity index (χ3v) is 10.7. The summed E-state index contributed by atoms with van der Waals surface area (Å²) < 4.78 is 6.29. The molecule has 1 aliphatic heterocycles. The molecule has 0 spiro atoms. The monoisotopic (exact) mass is 618 g/mol. The number of benzene rings is 6. The third-order valence-electron chi connectivity index (χ3n) is 10.7. The highest BCUT2D eigenvalue weighted by molar-refractivity contribution is 6.06. The van der Waals surface area contributed by atoms with Crippen molar-refractivity contribution in [1.29, 1.82) is 0 Å². The summed E-state index contributed by atoms with van der Waals surface area (Å²) in [6.45, 7) is 4.75. The van der Waals surface area contributed by atoms with Crippen LogP contribution in [0.5, 0.6) is 0 Å². The summed E-state index contributed by atoms with van der Waals surface area (Å²) in [4.78, 5) is 5.02. The quantitative estimate of drug-likeness (QED) is 0.196. The molecule has 1 aromatic heterocycles. The lowest BCUT2D eigenvalue weighted by Crippen LogP contribution is -2.29. The molecule has 0 bridgehead atoms. The number of hydrogen-bond donors (Lipinski definition) is 0. The zero-order chi connectivity index (χ0) is 32.0. The number of para-hydroxylation sites is 3. The zero-order valence-electron chi connectivity index (χ0n) is 27.0. The van der Waals surface area contributed by atoms with Crippen molar-refractivity contribution >= 4 is 50.3 Å². The van der Waals surface area contributed by atoms with Gasteiger partial charge >= 0.3 is 0 Å². The van der Waals surface area contributed by atoms with Crippen LogP contribution in [0.4, 0.5) is 22.7 Å². The third kappa shape index (κ3) is 3.82. The van der Waals surface area contributed by atoms with E-state index in [1.807, 2.05) is 6.07 Å². The van der Waals surface area contributed by atoms with Gasteiger partial charge in [-0.1, -0.05) is 111 Å². The van der Waals surface area contributed by atoms with Crippen LogP contribution in [-0.2, 0) is 5.41 Å². The lowest BCUT2D eigenvalue weighted by Gasteiger charge is -2.35. The lowest BCUT2D eigenvalue weighted by atomic mass is 9.81. The Balaban J connectivity index is 1.20. The maximum atomic E-state index is 6.29. The summed E-state index contributed by atoms with van der Waals surface area (Å²) in [5.74, 6) is 0. The molecule has 3 nitrogen and oxygen atoms in total. The predicted octanol–water partition coefficient (Wildman–Crippen LogP) is 11.9. The normalized spacial score (nSPS) is 17.0. The highest BCUT2D eigenvalue weighted by atomic mass is 16.3. The first kappa shape index (κ1) is 27.3. The van der Waals surface area contributed by atoms with E-state index in [1.165, 1.54) is 56.1 Å². The molecular formula is C45H34N2O. The average molecular weight is 619 g/mol. The fourth-order valence-corrected chi connectivity index (χ4v) is 8.62. The van der Waals surface area contributed by atoms with Crippen LogP contribution >= 0.6 is 0 Å². The van der Waals surface area contributed by atoms with Crippen LogP contribution in [0.3, 0.4) is 0 Å². The Morgan fingerprint density at radius 1 is 0.667 bits per heavy atom. The van der Waals surface area contributed by atoms with Crippen LogP contribution in [0.2, 0.25) is 0 Å². The summed E-state index contributed by atoms with van der Waals surface area (Å²) in [6, 6.07) is 50.7. The van der Waals surface area contributed by atoms with E-state index in [0.717, 1.165) is 34.0 Å². The van der Waals surface area contributed by atoms with E-state index in [1.54, 1.807) is 0 Å². The molecule has 0 fully saturated rings. The molecule has 0 radical (unpaired) electrons. The highest BCUT2D eigenvalue weighted by Crippen LogP contribution is 2.55. The Bertz CT molecular complexity index is 2480. The predicted molar refractivity (Wildman–Crippen MR) is 199 cm³/mol. The fraction of sp³-hybridized carbons (Fsp3) is 0.111. The van der Waals surface area contributed by atoms with E-state index in [-0.39, 0.29) is 11.5 Å². The maximum absolute atomic E-state index is 6.29. The van der Waals surface area contributed by atoms with Gasteiger partial charge in [-0.15, -0.1) is 0 Å². The molecule has 3 heteroatoms. The Morgan fingerprint density at radius 2 is 1.40 bits per heavy atom. The Kier molecular flexibility index (Phi) is 5.75. The highest BCUT2D eigenvalue weighted by Gasteiger charge is 2.40. The van der Waals surface area contributed by atoms with E-state index >= 15 is 0 Å². The molecule has 0 amide bonds. The van der Waals surface area contributed by atoms with Crippen molar-refractivity contribution in [3.63, 3.8) is 0 Å². The van der Waals surface area contributed by atoms with Crippen LogP contribution in [0, 0.1) is 0 Å². The molecule has 0 saturated carbocycles. The van der Waals surface area contributed by atoms with Crippen LogP contribution in [0.1, 0.15) is 37.0 Å². The van der Waals surface area contributed by atoms with E-state index in [9.17, 15) is 0 Å². The van der Waals surface area contributed by atoms with Crippen LogP contribution in [0.25, 0.3) is 38.6 Å². The van der Waals surface area contributed by atoms with E-state index in [4.69, 9.17) is 4.42 Å². The molecule has 7 aromatic rings. The Morgan fingerprint density at radius 3 is 2.29 bits per heavy atom. The van der Waals surface area contributed by atoms with Gasteiger partial charge in [0.2, 0.25) is 0 Å². The van der Waals surface area contributed by atoms with Crippen molar-refractivity contribution < 1.29 is 4.42 Å². The van der Waals surface area contributed by atoms with Gasteiger partial charge < -0.3 is 14.2 Å². The first-order chi connectivity index (χ1) is 23.6. The molecule has 48 heavy (non-hydrogen) atoms. The van der Waals surface area contributed by atoms with Gasteiger partial charge in [-0.25, -0.2) is 0 Å². The summed E-state index contributed by atoms with van der Waals surface area (Å²) in [7, 11) is 0. The van der Waals surface area contributed by atoms with Crippen molar-refractivity contribution in [1.82, 2.24) is 0 Å². The first-order valence-electron chi connectivity index (χ1n) is 16.9. The summed E-state index contributed by atoms with van der Waals surface area (Å²) >= 11 is 0. The number of hydrogen-bond acceptors (Lipinski definition) is 3. The van der Waals surface area contributed by atoms with Gasteiger partial charge in [-0.05, 0) is 88.9 Å². The second-order valence-electron chi connectivity index (χ2n) is 13.7. The minimum atomic E-state index is -0.165. The van der Waals surface area contributed by atoms with Crippen molar-refractivity contribution in [2.75, 3.05) is 9.80 Å². The van der Waals surface area contributed by atoms with Crippen molar-refractivity contribution in [2.24, 2.45) is 0 Å². The lowest BCUT2D eigenvalue weighted by molar-refractivity contribution is 0.660. The molecule has 3 aliphatic rings. The number of fused-ring (bicyclic) bond motifs is 9. The molecule has 6 aromatic carbocycles. The van der Waals surface area contributed by atoms with Crippen LogP contribution in [0.15, 0.2) is 162 Å². The molecule has 0 N–H and O–H groups in total. The number of allylic oxidation sites excluding steroid dienone is 1. The minimum Gasteiger partial charge on any atom is -0.456 e. The molecule has 2 heterocycles. The van der Waals surface area contributed by atoms with Gasteiger partial charge in [0.15, 0.2) is 0 Å². The van der Waals surface area contributed by atoms with Gasteiger partial charge in [-0.2, -0.15) is 0 Å². The van der Waals surface area contributed by atoms with Gasteiger partial charge in [0.05, 0.1) is 11.7 Å². The van der Waals surface area contributed by atoms with Gasteiger partial charge in [0.25, 0.3) is 0 Å². The second kappa shape index (κ2) is 10.1. The van der Waals surface area contributed by atoms with Crippen molar-refractivity contribution in [2.45, 2.75) is 31.7 Å². The molecule has 230 valence electrons. The largest absolute Gasteiger partial charge is 0.456 e. The summed E-state index contributed by atoms with van der Waals surface area (Å²) in [5, 5.41) is 2.27. The van der Waals surface area contributed by atoms with Crippen LogP contribution < -0.4 is 9.80 Å². The SMILES string of the molecule is CC1(C)c2ccccc2-c2cccc(N(C3=CCC4C(=C3)c3ccccc3N4c3ccccc3)c3ccc4oc5ccccc5c4c3)c21. The van der Waals surface area contributed by atoms with Crippen molar-refractivity contribution in [3.05, 3.63) is 174 Å². The first-order valence-corrected chi connectivity index (χ1v) is 16.9. The van der Waals surface area contributed by atoms with Gasteiger partial charge in [0, 0.05) is 44.5 Å². The molecule has 2 aliphatic carbocycles. The topological polar surface area (TPSA) is 19.6 Å². The standard InChI is InChI=1S/C45H34N2O/c1-45(2)38-19-9-6-15-32(38)35-18-12-21-41(44(35)45)46(31-24-26-43-37(28-31)34-17-8-11-22-42(34)48-43)30-23-25-40-36(27-30)33-16-7-10-20-39(33)47(40)29-13-4-3-5-14-29/h3-24,26-28,40H,25H2,1-2H3. The Labute approximate surface area is 280 Å². The van der Waals surface area contributed by atoms with Crippen molar-refractivity contribution in [3.8, 4) is 11.1 Å². The second-order valence-corrected chi connectivity index (χ2v) is 13.7. The molecule has 1 unspecified atom stereocenters. The smallest absolute Gasteiger partial charge is 0.135 e. The van der Waals surface area contributed by atoms with Crippen LogP contribution in [-0.4, -0.2) is 6.04 Å². The summed E-state index contributed by atoms with van der Waals surface area (Å²) in [6.07, 6.45) is 5.79. The number of furan rings is 1. The maximum Gasteiger partial charge on any atom is 0.135 e. The average Bonchev–Trinajstić information content (AvgIpc) is 3.75. The van der Waals surface area contributed by atoms with Gasteiger partial charge in [0.1, 0.15) is 11.2 Å². The minimum absolute atomic E-state index is 0.165. The Hall–Kier alpha value is -5.80. The fourth-order valence-electron chi connectivity index (χ4n) is 8.62. The molecule has 0 saturated heterocycles. The number of nitrogens with zero attached hydrogens (tertiary/aromatic N) is 2. The summed E-state index contributed by atoms with van der Waals surface area (Å²) in [5.41, 5.74) is 15.7. The molecular weight excluding hydrogens is 585 g/mol. The molecule has 10 rings (SSSR count). The van der Waals surface area contributed by atoms with E-state index < -0.39 is 0 Å².